The first-order valence-electron chi connectivity index (χ1n) is 7.40. The van der Waals surface area contributed by atoms with E-state index in [1.165, 1.54) is 19.3 Å². The van der Waals surface area contributed by atoms with Crippen LogP contribution < -0.4 is 11.1 Å². The number of hydrogen-bond acceptors (Lipinski definition) is 2. The molecule has 0 aromatic carbocycles. The van der Waals surface area contributed by atoms with Gasteiger partial charge in [0, 0.05) is 12.6 Å². The molecule has 0 aliphatic heterocycles. The molecule has 2 unspecified atom stereocenters. The van der Waals surface area contributed by atoms with Crippen LogP contribution in [0.1, 0.15) is 59.3 Å². The smallest absolute Gasteiger partial charge is 0.227 e. The normalized spacial score (nSPS) is 30.9. The van der Waals surface area contributed by atoms with E-state index in [9.17, 15) is 4.79 Å². The molecule has 0 spiro atoms. The van der Waals surface area contributed by atoms with Crippen molar-refractivity contribution in [3.63, 3.8) is 0 Å². The Kier molecular flexibility index (Phi) is 3.72. The summed E-state index contributed by atoms with van der Waals surface area (Å²) in [6, 6.07) is 0.357. The van der Waals surface area contributed by atoms with Crippen molar-refractivity contribution >= 4 is 5.91 Å². The van der Waals surface area contributed by atoms with Gasteiger partial charge < -0.3 is 11.1 Å². The molecule has 2 aliphatic carbocycles. The zero-order valence-corrected chi connectivity index (χ0v) is 12.1. The summed E-state index contributed by atoms with van der Waals surface area (Å²) in [5.74, 6) is 0.815. The van der Waals surface area contributed by atoms with Crippen molar-refractivity contribution in [2.24, 2.45) is 22.5 Å². The molecule has 0 heterocycles. The van der Waals surface area contributed by atoms with Crippen LogP contribution in [0.3, 0.4) is 0 Å². The Balaban J connectivity index is 2.00. The third kappa shape index (κ3) is 2.71. The highest BCUT2D eigenvalue weighted by Crippen LogP contribution is 2.45. The Morgan fingerprint density at radius 2 is 1.89 bits per heavy atom. The maximum absolute atomic E-state index is 12.3. The number of carbonyl (C=O) groups is 1. The van der Waals surface area contributed by atoms with Crippen LogP contribution in [0.2, 0.25) is 0 Å². The second kappa shape index (κ2) is 4.84. The summed E-state index contributed by atoms with van der Waals surface area (Å²) in [6.07, 6.45) is 6.87. The van der Waals surface area contributed by atoms with Gasteiger partial charge in [0.15, 0.2) is 0 Å². The third-order valence-electron chi connectivity index (χ3n) is 4.92. The average Bonchev–Trinajstić information content (AvgIpc) is 3.09. The highest BCUT2D eigenvalue weighted by atomic mass is 16.2. The summed E-state index contributed by atoms with van der Waals surface area (Å²) in [5, 5.41) is 3.31. The third-order valence-corrected chi connectivity index (χ3v) is 4.92. The summed E-state index contributed by atoms with van der Waals surface area (Å²) in [4.78, 5) is 12.3. The topological polar surface area (TPSA) is 55.1 Å². The molecule has 0 radical (unpaired) electrons. The Morgan fingerprint density at radius 3 is 2.39 bits per heavy atom. The zero-order valence-electron chi connectivity index (χ0n) is 12.1. The van der Waals surface area contributed by atoms with E-state index in [1.54, 1.807) is 0 Å². The number of amides is 1. The first-order valence-corrected chi connectivity index (χ1v) is 7.40. The van der Waals surface area contributed by atoms with Crippen molar-refractivity contribution in [2.75, 3.05) is 6.54 Å². The lowest BCUT2D eigenvalue weighted by Crippen LogP contribution is -2.50. The molecule has 1 amide bonds. The minimum atomic E-state index is -0.208. The lowest BCUT2D eigenvalue weighted by molar-refractivity contribution is -0.127. The summed E-state index contributed by atoms with van der Waals surface area (Å²) in [5.41, 5.74) is 5.80. The van der Waals surface area contributed by atoms with Crippen LogP contribution >= 0.6 is 0 Å². The van der Waals surface area contributed by atoms with Gasteiger partial charge >= 0.3 is 0 Å². The van der Waals surface area contributed by atoms with E-state index in [0.717, 1.165) is 19.3 Å². The minimum absolute atomic E-state index is 0.208. The van der Waals surface area contributed by atoms with Crippen LogP contribution in [0.25, 0.3) is 0 Å². The highest BCUT2D eigenvalue weighted by molar-refractivity contribution is 5.85. The maximum Gasteiger partial charge on any atom is 0.227 e. The van der Waals surface area contributed by atoms with Gasteiger partial charge in [-0.15, -0.1) is 0 Å². The van der Waals surface area contributed by atoms with Crippen LogP contribution in [0.4, 0.5) is 0 Å². The number of nitrogens with two attached hydrogens (primary N) is 1. The Hall–Kier alpha value is -0.570. The summed E-state index contributed by atoms with van der Waals surface area (Å²) >= 11 is 0. The molecule has 0 aromatic rings. The first kappa shape index (κ1) is 13.9. The molecule has 3 heteroatoms. The van der Waals surface area contributed by atoms with Crippen LogP contribution in [0.15, 0.2) is 0 Å². The largest absolute Gasteiger partial charge is 0.353 e. The quantitative estimate of drug-likeness (QED) is 0.810. The van der Waals surface area contributed by atoms with Crippen molar-refractivity contribution in [1.29, 1.82) is 0 Å². The van der Waals surface area contributed by atoms with Crippen molar-refractivity contribution in [2.45, 2.75) is 65.3 Å². The maximum atomic E-state index is 12.3. The van der Waals surface area contributed by atoms with Gasteiger partial charge in [-0.2, -0.15) is 0 Å². The molecule has 2 saturated carbocycles. The second-order valence-electron chi connectivity index (χ2n) is 7.32. The van der Waals surface area contributed by atoms with Gasteiger partial charge in [0.25, 0.3) is 0 Å². The molecule has 2 atom stereocenters. The number of nitrogens with one attached hydrogen (secondary N) is 1. The molecule has 0 saturated heterocycles. The van der Waals surface area contributed by atoms with Gasteiger partial charge in [0.2, 0.25) is 5.91 Å². The Morgan fingerprint density at radius 1 is 1.28 bits per heavy atom. The van der Waals surface area contributed by atoms with Gasteiger partial charge in [-0.1, -0.05) is 33.6 Å². The predicted molar refractivity (Wildman–Crippen MR) is 74.1 cm³/mol. The van der Waals surface area contributed by atoms with Gasteiger partial charge in [0.1, 0.15) is 0 Å². The fourth-order valence-electron chi connectivity index (χ4n) is 3.34. The monoisotopic (exact) mass is 252 g/mol. The van der Waals surface area contributed by atoms with Crippen LogP contribution in [-0.2, 0) is 4.79 Å². The molecule has 18 heavy (non-hydrogen) atoms. The van der Waals surface area contributed by atoms with E-state index in [1.807, 2.05) is 0 Å². The van der Waals surface area contributed by atoms with Crippen molar-refractivity contribution in [3.8, 4) is 0 Å². The fraction of sp³-hybridized carbons (Fsp3) is 0.933. The molecule has 0 bridgehead atoms. The van der Waals surface area contributed by atoms with Crippen LogP contribution in [0, 0.1) is 16.7 Å². The fourth-order valence-corrected chi connectivity index (χ4v) is 3.34. The molecule has 3 nitrogen and oxygen atoms in total. The molecular weight excluding hydrogens is 224 g/mol. The summed E-state index contributed by atoms with van der Waals surface area (Å²) in [6.45, 7) is 7.37. The number of carbonyl (C=O) groups excluding carboxylic acids is 1. The second-order valence-corrected chi connectivity index (χ2v) is 7.32. The zero-order chi connectivity index (χ0) is 13.4. The molecule has 2 aliphatic rings. The molecule has 2 rings (SSSR count). The SMILES string of the molecule is CC(C)(C)C1CCCCC1NC(=O)C1(CN)CC1. The average molecular weight is 252 g/mol. The lowest BCUT2D eigenvalue weighted by Gasteiger charge is -2.41. The van der Waals surface area contributed by atoms with E-state index >= 15 is 0 Å². The molecule has 3 N–H and O–H groups in total. The lowest BCUT2D eigenvalue weighted by atomic mass is 9.69. The van der Waals surface area contributed by atoms with Crippen molar-refractivity contribution < 1.29 is 4.79 Å². The van der Waals surface area contributed by atoms with E-state index in [-0.39, 0.29) is 16.7 Å². The van der Waals surface area contributed by atoms with Crippen LogP contribution in [-0.4, -0.2) is 18.5 Å². The van der Waals surface area contributed by atoms with Crippen molar-refractivity contribution in [3.05, 3.63) is 0 Å². The summed E-state index contributed by atoms with van der Waals surface area (Å²) < 4.78 is 0. The number of rotatable bonds is 3. The van der Waals surface area contributed by atoms with Crippen molar-refractivity contribution in [1.82, 2.24) is 5.32 Å². The molecule has 2 fully saturated rings. The highest BCUT2D eigenvalue weighted by Gasteiger charge is 2.49. The Bertz CT molecular complexity index is 315. The Labute approximate surface area is 111 Å². The molecule has 104 valence electrons. The van der Waals surface area contributed by atoms with Gasteiger partial charge in [-0.3, -0.25) is 4.79 Å². The predicted octanol–water partition coefficient (Wildman–Crippen LogP) is 2.45. The van der Waals surface area contributed by atoms with E-state index in [2.05, 4.69) is 26.1 Å². The van der Waals surface area contributed by atoms with E-state index in [0.29, 0.717) is 18.5 Å². The molecular formula is C15H28N2O. The summed E-state index contributed by atoms with van der Waals surface area (Å²) in [7, 11) is 0. The van der Waals surface area contributed by atoms with Crippen LogP contribution in [0.5, 0.6) is 0 Å². The first-order chi connectivity index (χ1) is 8.39. The molecule has 0 aromatic heterocycles. The van der Waals surface area contributed by atoms with Gasteiger partial charge in [0.05, 0.1) is 5.41 Å². The minimum Gasteiger partial charge on any atom is -0.353 e. The standard InChI is InChI=1S/C15H28N2O/c1-14(2,3)11-6-4-5-7-12(11)17-13(18)15(10-16)8-9-15/h11-12H,4-10,16H2,1-3H3,(H,17,18). The van der Waals surface area contributed by atoms with E-state index < -0.39 is 0 Å². The van der Waals surface area contributed by atoms with Gasteiger partial charge in [-0.05, 0) is 37.0 Å². The van der Waals surface area contributed by atoms with Gasteiger partial charge in [-0.25, -0.2) is 0 Å². The van der Waals surface area contributed by atoms with E-state index in [4.69, 9.17) is 5.73 Å². The number of hydrogen-bond donors (Lipinski definition) is 2.